The maximum absolute atomic E-state index is 13.9. The molecule has 0 radical (unpaired) electrons. The average Bonchev–Trinajstić information content (AvgIpc) is 2.47. The highest BCUT2D eigenvalue weighted by molar-refractivity contribution is 5.98. The second kappa shape index (κ2) is 6.62. The van der Waals surface area contributed by atoms with Gasteiger partial charge in [0.25, 0.3) is 5.69 Å². The molecule has 1 saturated heterocycles. The second-order valence-corrected chi connectivity index (χ2v) is 5.03. The molecule has 1 aliphatic heterocycles. The number of hydrogen-bond acceptors (Lipinski definition) is 4. The molecule has 0 aromatic heterocycles. The molecule has 6 nitrogen and oxygen atoms in total. The highest BCUT2D eigenvalue weighted by atomic mass is 19.1. The van der Waals surface area contributed by atoms with E-state index in [9.17, 15) is 19.3 Å². The van der Waals surface area contributed by atoms with Gasteiger partial charge in [-0.25, -0.2) is 4.39 Å². The molecule has 1 aromatic rings. The van der Waals surface area contributed by atoms with Crippen molar-refractivity contribution < 1.29 is 14.1 Å². The zero-order chi connectivity index (χ0) is 15.4. The molecule has 1 aromatic carbocycles. The van der Waals surface area contributed by atoms with Crippen LogP contribution in [0.1, 0.15) is 26.2 Å². The van der Waals surface area contributed by atoms with Gasteiger partial charge in [-0.1, -0.05) is 6.92 Å². The molecule has 0 aliphatic carbocycles. The molecule has 1 amide bonds. The minimum absolute atomic E-state index is 0.0165. The zero-order valence-electron chi connectivity index (χ0n) is 11.8. The summed E-state index contributed by atoms with van der Waals surface area (Å²) in [6.07, 6.45) is 2.33. The Morgan fingerprint density at radius 3 is 2.95 bits per heavy atom. The number of anilines is 1. The maximum Gasteiger partial charge on any atom is 0.271 e. The number of carbonyl (C=O) groups is 1. The highest BCUT2D eigenvalue weighted by Gasteiger charge is 2.31. The van der Waals surface area contributed by atoms with Crippen LogP contribution in [-0.4, -0.2) is 30.0 Å². The summed E-state index contributed by atoms with van der Waals surface area (Å²) in [5.41, 5.74) is -0.236. The first-order valence-electron chi connectivity index (χ1n) is 7.03. The van der Waals surface area contributed by atoms with Crippen molar-refractivity contribution in [3.8, 4) is 0 Å². The SMILES string of the molecule is CCCNC1CCCN(c2cc([N+](=O)[O-])ccc2F)C1=O. The Labute approximate surface area is 122 Å². The van der Waals surface area contributed by atoms with Crippen LogP contribution < -0.4 is 10.2 Å². The number of benzene rings is 1. The third kappa shape index (κ3) is 3.36. The molecular weight excluding hydrogens is 277 g/mol. The Kier molecular flexibility index (Phi) is 4.85. The van der Waals surface area contributed by atoms with Gasteiger partial charge in [0.2, 0.25) is 5.91 Å². The van der Waals surface area contributed by atoms with Crippen molar-refractivity contribution in [1.29, 1.82) is 0 Å². The van der Waals surface area contributed by atoms with Crippen molar-refractivity contribution >= 4 is 17.3 Å². The lowest BCUT2D eigenvalue weighted by atomic mass is 10.0. The van der Waals surface area contributed by atoms with Crippen LogP contribution in [0.3, 0.4) is 0 Å². The van der Waals surface area contributed by atoms with E-state index in [1.54, 1.807) is 0 Å². The first kappa shape index (κ1) is 15.4. The van der Waals surface area contributed by atoms with E-state index >= 15 is 0 Å². The summed E-state index contributed by atoms with van der Waals surface area (Å²) in [4.78, 5) is 23.9. The summed E-state index contributed by atoms with van der Waals surface area (Å²) in [6.45, 7) is 3.08. The monoisotopic (exact) mass is 295 g/mol. The van der Waals surface area contributed by atoms with Crippen LogP contribution in [-0.2, 0) is 4.79 Å². The summed E-state index contributed by atoms with van der Waals surface area (Å²) < 4.78 is 13.9. The van der Waals surface area contributed by atoms with Crippen molar-refractivity contribution in [2.24, 2.45) is 0 Å². The van der Waals surface area contributed by atoms with Crippen LogP contribution in [0.5, 0.6) is 0 Å². The molecule has 114 valence electrons. The van der Waals surface area contributed by atoms with Gasteiger partial charge >= 0.3 is 0 Å². The first-order valence-corrected chi connectivity index (χ1v) is 7.03. The number of piperidine rings is 1. The number of nitro groups is 1. The fourth-order valence-electron chi connectivity index (χ4n) is 2.44. The number of nitro benzene ring substituents is 1. The minimum atomic E-state index is -0.620. The van der Waals surface area contributed by atoms with Crippen molar-refractivity contribution in [1.82, 2.24) is 5.32 Å². The third-order valence-corrected chi connectivity index (χ3v) is 3.51. The number of rotatable bonds is 5. The number of nitrogens with one attached hydrogen (secondary N) is 1. The molecule has 0 spiro atoms. The van der Waals surface area contributed by atoms with E-state index in [4.69, 9.17) is 0 Å². The largest absolute Gasteiger partial charge is 0.308 e. The van der Waals surface area contributed by atoms with Gasteiger partial charge in [-0.05, 0) is 31.9 Å². The fourth-order valence-corrected chi connectivity index (χ4v) is 2.44. The van der Waals surface area contributed by atoms with E-state index in [0.717, 1.165) is 31.0 Å². The van der Waals surface area contributed by atoms with Crippen LogP contribution in [0.15, 0.2) is 18.2 Å². The van der Waals surface area contributed by atoms with E-state index in [1.807, 2.05) is 6.92 Å². The van der Waals surface area contributed by atoms with Gasteiger partial charge in [-0.3, -0.25) is 14.9 Å². The topological polar surface area (TPSA) is 75.5 Å². The quantitative estimate of drug-likeness (QED) is 0.667. The standard InChI is InChI=1S/C14H18FN3O3/c1-2-7-16-12-4-3-8-17(14(12)19)13-9-10(18(20)21)5-6-11(13)15/h5-6,9,12,16H,2-4,7-8H2,1H3. The average molecular weight is 295 g/mol. The molecule has 1 aliphatic rings. The molecule has 1 heterocycles. The molecule has 0 saturated carbocycles. The predicted octanol–water partition coefficient (Wildman–Crippen LogP) is 2.23. The second-order valence-electron chi connectivity index (χ2n) is 5.03. The number of halogens is 1. The molecule has 1 fully saturated rings. The Balaban J connectivity index is 2.25. The summed E-state index contributed by atoms with van der Waals surface area (Å²) in [5.74, 6) is -0.848. The van der Waals surface area contributed by atoms with Gasteiger partial charge in [0.1, 0.15) is 5.82 Å². The minimum Gasteiger partial charge on any atom is -0.308 e. The lowest BCUT2D eigenvalue weighted by Crippen LogP contribution is -2.51. The highest BCUT2D eigenvalue weighted by Crippen LogP contribution is 2.28. The Hall–Kier alpha value is -2.02. The summed E-state index contributed by atoms with van der Waals surface area (Å²) >= 11 is 0. The normalized spacial score (nSPS) is 18.9. The van der Waals surface area contributed by atoms with Crippen LogP contribution in [0.4, 0.5) is 15.8 Å². The van der Waals surface area contributed by atoms with Crippen molar-refractivity contribution in [3.63, 3.8) is 0 Å². The Morgan fingerprint density at radius 2 is 2.29 bits per heavy atom. The van der Waals surface area contributed by atoms with Crippen LogP contribution >= 0.6 is 0 Å². The number of nitrogens with zero attached hydrogens (tertiary/aromatic N) is 2. The van der Waals surface area contributed by atoms with Crippen LogP contribution in [0.25, 0.3) is 0 Å². The lowest BCUT2D eigenvalue weighted by molar-refractivity contribution is -0.384. The van der Waals surface area contributed by atoms with Gasteiger partial charge in [0.15, 0.2) is 0 Å². The molecule has 1 N–H and O–H groups in total. The van der Waals surface area contributed by atoms with Crippen molar-refractivity contribution in [3.05, 3.63) is 34.1 Å². The van der Waals surface area contributed by atoms with Gasteiger partial charge < -0.3 is 10.2 Å². The van der Waals surface area contributed by atoms with Gasteiger partial charge in [-0.15, -0.1) is 0 Å². The van der Waals surface area contributed by atoms with E-state index in [0.29, 0.717) is 19.5 Å². The Morgan fingerprint density at radius 1 is 1.52 bits per heavy atom. The van der Waals surface area contributed by atoms with E-state index < -0.39 is 10.7 Å². The van der Waals surface area contributed by atoms with Crippen LogP contribution in [0, 0.1) is 15.9 Å². The van der Waals surface area contributed by atoms with Gasteiger partial charge in [0, 0.05) is 18.7 Å². The maximum atomic E-state index is 13.9. The van der Waals surface area contributed by atoms with Gasteiger partial charge in [-0.2, -0.15) is 0 Å². The molecule has 1 atom stereocenters. The number of carbonyl (C=O) groups excluding carboxylic acids is 1. The number of amides is 1. The smallest absolute Gasteiger partial charge is 0.271 e. The molecule has 21 heavy (non-hydrogen) atoms. The number of non-ortho nitro benzene ring substituents is 1. The molecule has 7 heteroatoms. The third-order valence-electron chi connectivity index (χ3n) is 3.51. The fraction of sp³-hybridized carbons (Fsp3) is 0.500. The van der Waals surface area contributed by atoms with Crippen LogP contribution in [0.2, 0.25) is 0 Å². The summed E-state index contributed by atoms with van der Waals surface area (Å²) in [7, 11) is 0. The molecule has 0 bridgehead atoms. The van der Waals surface area contributed by atoms with E-state index in [1.165, 1.54) is 4.90 Å². The lowest BCUT2D eigenvalue weighted by Gasteiger charge is -2.32. The van der Waals surface area contributed by atoms with E-state index in [2.05, 4.69) is 5.32 Å². The molecule has 1 unspecified atom stereocenters. The Bertz CT molecular complexity index is 550. The van der Waals surface area contributed by atoms with Crippen molar-refractivity contribution in [2.75, 3.05) is 18.0 Å². The summed E-state index contributed by atoms with van der Waals surface area (Å²) in [6, 6.07) is 2.90. The van der Waals surface area contributed by atoms with E-state index in [-0.39, 0.29) is 23.3 Å². The molecular formula is C14H18FN3O3. The summed E-state index contributed by atoms with van der Waals surface area (Å²) in [5, 5.41) is 13.9. The van der Waals surface area contributed by atoms with Crippen molar-refractivity contribution in [2.45, 2.75) is 32.2 Å². The predicted molar refractivity (Wildman–Crippen MR) is 76.7 cm³/mol. The first-order chi connectivity index (χ1) is 10.0. The van der Waals surface area contributed by atoms with Gasteiger partial charge in [0.05, 0.1) is 16.7 Å². The molecule has 2 rings (SSSR count). The number of hydrogen-bond donors (Lipinski definition) is 1. The zero-order valence-corrected chi connectivity index (χ0v) is 11.8.